The van der Waals surface area contributed by atoms with E-state index in [1.54, 1.807) is 0 Å². The average molecular weight is 765 g/mol. The molecule has 0 spiro atoms. The normalized spacial score (nSPS) is 13.2. The summed E-state index contributed by atoms with van der Waals surface area (Å²) in [5, 5.41) is 4.34. The standard InChI is InChI=1S/C54H34B2N2O2/c1-3-19-35(20-4-1)57-43-29-13-9-25-39(43)55(40-26-10-14-30-44(40)57)51-49-37-23-7-17-33-47(37)60-54(49)52(50-38-24-8-18-34-48(38)59-53(50)51)56-41-27-11-15-31-45(41)58(36-21-5-2-6-22-36)46-32-16-12-28-42(46)56/h1-34H. The summed E-state index contributed by atoms with van der Waals surface area (Å²) in [7, 11) is 0. The molecule has 0 amide bonds. The van der Waals surface area contributed by atoms with Gasteiger partial charge in [0.1, 0.15) is 22.3 Å². The maximum absolute atomic E-state index is 7.34. The Kier molecular flexibility index (Phi) is 7.16. The van der Waals surface area contributed by atoms with Crippen molar-refractivity contribution in [2.45, 2.75) is 0 Å². The van der Waals surface area contributed by atoms with Crippen LogP contribution in [0.1, 0.15) is 0 Å². The second kappa shape index (κ2) is 12.9. The molecule has 0 saturated carbocycles. The Morgan fingerprint density at radius 1 is 0.300 bits per heavy atom. The van der Waals surface area contributed by atoms with E-state index < -0.39 is 0 Å². The van der Waals surface area contributed by atoms with Crippen LogP contribution in [0, 0.1) is 0 Å². The van der Waals surface area contributed by atoms with Gasteiger partial charge in [0.25, 0.3) is 13.4 Å². The van der Waals surface area contributed by atoms with Gasteiger partial charge < -0.3 is 18.6 Å². The van der Waals surface area contributed by atoms with Crippen LogP contribution in [0.2, 0.25) is 0 Å². The van der Waals surface area contributed by atoms with Gasteiger partial charge in [-0.15, -0.1) is 0 Å². The van der Waals surface area contributed by atoms with E-state index in [9.17, 15) is 0 Å². The second-order valence-corrected chi connectivity index (χ2v) is 15.9. The van der Waals surface area contributed by atoms with E-state index in [2.05, 4.69) is 216 Å². The zero-order valence-corrected chi connectivity index (χ0v) is 32.5. The average Bonchev–Trinajstić information content (AvgIpc) is 3.89. The Balaban J connectivity index is 1.19. The molecule has 2 aliphatic rings. The van der Waals surface area contributed by atoms with Crippen LogP contribution >= 0.6 is 0 Å². The summed E-state index contributed by atoms with van der Waals surface area (Å²) in [6.45, 7) is -0.338. The number of anilines is 6. The highest BCUT2D eigenvalue weighted by Crippen LogP contribution is 2.41. The minimum absolute atomic E-state index is 0.169. The highest BCUT2D eigenvalue weighted by molar-refractivity contribution is 7.03. The van der Waals surface area contributed by atoms with Crippen molar-refractivity contribution in [3.05, 3.63) is 206 Å². The molecule has 4 nitrogen and oxygen atoms in total. The van der Waals surface area contributed by atoms with Crippen LogP contribution in [-0.2, 0) is 0 Å². The third-order valence-electron chi connectivity index (χ3n) is 12.8. The first-order chi connectivity index (χ1) is 29.8. The molecule has 0 saturated heterocycles. The van der Waals surface area contributed by atoms with Crippen molar-refractivity contribution in [2.24, 2.45) is 0 Å². The second-order valence-electron chi connectivity index (χ2n) is 15.9. The minimum atomic E-state index is -0.169. The van der Waals surface area contributed by atoms with Crippen molar-refractivity contribution in [1.29, 1.82) is 0 Å². The van der Waals surface area contributed by atoms with E-state index in [4.69, 9.17) is 8.83 Å². The molecule has 11 aromatic rings. The van der Waals surface area contributed by atoms with E-state index in [1.165, 1.54) is 21.9 Å². The number of nitrogens with zero attached hydrogens (tertiary/aromatic N) is 2. The van der Waals surface area contributed by atoms with Gasteiger partial charge in [-0.2, -0.15) is 0 Å². The number of fused-ring (bicyclic) bond motifs is 10. The molecule has 2 aromatic heterocycles. The molecule has 0 aliphatic carbocycles. The lowest BCUT2D eigenvalue weighted by molar-refractivity contribution is 0.667. The van der Waals surface area contributed by atoms with Crippen molar-refractivity contribution in [3.8, 4) is 0 Å². The maximum Gasteiger partial charge on any atom is 0.252 e. The molecule has 0 bridgehead atoms. The summed E-state index contributed by atoms with van der Waals surface area (Å²) < 4.78 is 14.7. The van der Waals surface area contributed by atoms with Gasteiger partial charge in [0.2, 0.25) is 0 Å². The fraction of sp³-hybridized carbons (Fsp3) is 0. The molecule has 0 radical (unpaired) electrons. The van der Waals surface area contributed by atoms with Crippen LogP contribution in [0.15, 0.2) is 215 Å². The lowest BCUT2D eigenvalue weighted by Crippen LogP contribution is -2.59. The highest BCUT2D eigenvalue weighted by Gasteiger charge is 2.43. The smallest absolute Gasteiger partial charge is 0.252 e. The van der Waals surface area contributed by atoms with Crippen LogP contribution in [0.5, 0.6) is 0 Å². The molecule has 2 aliphatic heterocycles. The van der Waals surface area contributed by atoms with E-state index >= 15 is 0 Å². The van der Waals surface area contributed by atoms with Crippen molar-refractivity contribution >= 4 is 124 Å². The first kappa shape index (κ1) is 33.3. The van der Waals surface area contributed by atoms with Crippen molar-refractivity contribution in [1.82, 2.24) is 0 Å². The summed E-state index contributed by atoms with van der Waals surface area (Å²) in [6.07, 6.45) is 0. The van der Waals surface area contributed by atoms with E-state index in [-0.39, 0.29) is 13.4 Å². The van der Waals surface area contributed by atoms with Gasteiger partial charge in [0.05, 0.1) is 0 Å². The molecule has 60 heavy (non-hydrogen) atoms. The fourth-order valence-electron chi connectivity index (χ4n) is 10.5. The fourth-order valence-corrected chi connectivity index (χ4v) is 10.5. The Morgan fingerprint density at radius 3 is 0.967 bits per heavy atom. The Labute approximate surface area is 347 Å². The first-order valence-corrected chi connectivity index (χ1v) is 20.7. The van der Waals surface area contributed by atoms with E-state index in [0.717, 1.165) is 88.9 Å². The lowest BCUT2D eigenvalue weighted by Gasteiger charge is -2.38. The SMILES string of the molecule is c1ccc(N2c3ccccc3B(c3c4oc5ccccc5c4c(B4c5ccccc5N(c5ccccc5)c5ccccc54)c4oc5ccccc5c34)c3ccccc32)cc1. The third kappa shape index (κ3) is 4.64. The summed E-state index contributed by atoms with van der Waals surface area (Å²) in [5.74, 6) is 0. The molecule has 0 atom stereocenters. The number of rotatable bonds is 4. The van der Waals surface area contributed by atoms with E-state index in [1.807, 2.05) is 0 Å². The molecule has 0 unspecified atom stereocenters. The van der Waals surface area contributed by atoms with Crippen LogP contribution in [0.4, 0.5) is 34.1 Å². The van der Waals surface area contributed by atoms with Crippen molar-refractivity contribution < 1.29 is 8.83 Å². The summed E-state index contributed by atoms with van der Waals surface area (Å²) in [5.41, 5.74) is 17.5. The topological polar surface area (TPSA) is 32.8 Å². The molecule has 9 aromatic carbocycles. The zero-order valence-electron chi connectivity index (χ0n) is 32.5. The van der Waals surface area contributed by atoms with Crippen LogP contribution in [-0.4, -0.2) is 13.4 Å². The number of para-hydroxylation sites is 8. The van der Waals surface area contributed by atoms with Crippen LogP contribution in [0.25, 0.3) is 43.9 Å². The predicted octanol–water partition coefficient (Wildman–Crippen LogP) is 10.1. The van der Waals surface area contributed by atoms with Gasteiger partial charge in [-0.1, -0.05) is 146 Å². The highest BCUT2D eigenvalue weighted by atomic mass is 16.3. The van der Waals surface area contributed by atoms with Gasteiger partial charge in [0, 0.05) is 55.7 Å². The van der Waals surface area contributed by atoms with Crippen molar-refractivity contribution in [3.63, 3.8) is 0 Å². The zero-order chi connectivity index (χ0) is 39.3. The van der Waals surface area contributed by atoms with Gasteiger partial charge in [-0.3, -0.25) is 0 Å². The molecular formula is C54H34B2N2O2. The van der Waals surface area contributed by atoms with Crippen molar-refractivity contribution in [2.75, 3.05) is 9.80 Å². The minimum Gasteiger partial charge on any atom is -0.457 e. The largest absolute Gasteiger partial charge is 0.457 e. The molecule has 6 heteroatoms. The molecule has 0 fully saturated rings. The predicted molar refractivity (Wildman–Crippen MR) is 253 cm³/mol. The molecule has 4 heterocycles. The number of hydrogen-bond donors (Lipinski definition) is 0. The summed E-state index contributed by atoms with van der Waals surface area (Å²) in [6, 6.07) is 74.0. The monoisotopic (exact) mass is 764 g/mol. The van der Waals surface area contributed by atoms with Crippen LogP contribution in [0.3, 0.4) is 0 Å². The van der Waals surface area contributed by atoms with E-state index in [0.29, 0.717) is 0 Å². The Morgan fingerprint density at radius 2 is 0.600 bits per heavy atom. The summed E-state index contributed by atoms with van der Waals surface area (Å²) >= 11 is 0. The lowest BCUT2D eigenvalue weighted by atomic mass is 9.32. The molecular weight excluding hydrogens is 730 g/mol. The molecule has 13 rings (SSSR count). The molecule has 0 N–H and O–H groups in total. The van der Waals surface area contributed by atoms with Gasteiger partial charge in [-0.25, -0.2) is 0 Å². The maximum atomic E-state index is 7.34. The molecule has 278 valence electrons. The number of hydrogen-bond acceptors (Lipinski definition) is 4. The number of furan rings is 2. The Hall–Kier alpha value is -7.69. The quantitative estimate of drug-likeness (QED) is 0.167. The Bertz CT molecular complexity index is 3160. The third-order valence-corrected chi connectivity index (χ3v) is 12.8. The van der Waals surface area contributed by atoms with Gasteiger partial charge >= 0.3 is 0 Å². The number of benzene rings is 9. The first-order valence-electron chi connectivity index (χ1n) is 20.7. The van der Waals surface area contributed by atoms with Gasteiger partial charge in [-0.05, 0) is 93.4 Å². The van der Waals surface area contributed by atoms with Gasteiger partial charge in [0.15, 0.2) is 0 Å². The van der Waals surface area contributed by atoms with Crippen LogP contribution < -0.4 is 42.6 Å². The summed E-state index contributed by atoms with van der Waals surface area (Å²) in [4.78, 5) is 4.81.